The molecule has 0 saturated carbocycles. The van der Waals surface area contributed by atoms with Gasteiger partial charge in [0.2, 0.25) is 0 Å². The van der Waals surface area contributed by atoms with Crippen LogP contribution < -0.4 is 0 Å². The smallest absolute Gasteiger partial charge is 0.0718 e. The first-order valence-corrected chi connectivity index (χ1v) is 7.32. The lowest BCUT2D eigenvalue weighted by Gasteiger charge is -2.00. The van der Waals surface area contributed by atoms with Gasteiger partial charge in [-0.15, -0.1) is 0 Å². The third-order valence-corrected chi connectivity index (χ3v) is 2.69. The summed E-state index contributed by atoms with van der Waals surface area (Å²) in [5.74, 6) is 0. The number of aliphatic hydroxyl groups excluding tert-OH is 2. The Morgan fingerprint density at radius 2 is 0.955 bits per heavy atom. The minimum absolute atomic E-state index is 0.0901. The summed E-state index contributed by atoms with van der Waals surface area (Å²) in [7, 11) is 0. The number of hydrogen-bond acceptors (Lipinski definition) is 4. The van der Waals surface area contributed by atoms with Crippen molar-refractivity contribution in [2.75, 3.05) is 26.4 Å². The van der Waals surface area contributed by atoms with Gasteiger partial charge in [0.05, 0.1) is 39.6 Å². The lowest BCUT2D eigenvalue weighted by atomic mass is 10.2. The first-order valence-electron chi connectivity index (χ1n) is 7.32. The SMILES string of the molecule is OCCOCc1ccccc1.OCCOCc1ccccc1. The van der Waals surface area contributed by atoms with Gasteiger partial charge in [0.1, 0.15) is 0 Å². The fourth-order valence-electron chi connectivity index (χ4n) is 1.66. The Labute approximate surface area is 131 Å². The van der Waals surface area contributed by atoms with E-state index in [4.69, 9.17) is 19.7 Å². The Kier molecular flexibility index (Phi) is 10.8. The van der Waals surface area contributed by atoms with Crippen molar-refractivity contribution in [3.8, 4) is 0 Å². The van der Waals surface area contributed by atoms with Gasteiger partial charge in [-0.25, -0.2) is 0 Å². The standard InChI is InChI=1S/2C9H12O2/c2*10-6-7-11-8-9-4-2-1-3-5-9/h2*1-5,10H,6-8H2. The van der Waals surface area contributed by atoms with Gasteiger partial charge in [-0.1, -0.05) is 60.7 Å². The highest BCUT2D eigenvalue weighted by atomic mass is 16.5. The maximum absolute atomic E-state index is 8.42. The van der Waals surface area contributed by atoms with Crippen LogP contribution >= 0.6 is 0 Å². The van der Waals surface area contributed by atoms with Gasteiger partial charge in [-0.05, 0) is 11.1 Å². The van der Waals surface area contributed by atoms with Crippen molar-refractivity contribution in [2.24, 2.45) is 0 Å². The molecule has 22 heavy (non-hydrogen) atoms. The summed E-state index contributed by atoms with van der Waals surface area (Å²) in [6, 6.07) is 19.8. The topological polar surface area (TPSA) is 58.9 Å². The van der Waals surface area contributed by atoms with Crippen LogP contribution in [-0.2, 0) is 22.7 Å². The fourth-order valence-corrected chi connectivity index (χ4v) is 1.66. The molecule has 0 aliphatic heterocycles. The van der Waals surface area contributed by atoms with Crippen LogP contribution in [-0.4, -0.2) is 36.6 Å². The average molecular weight is 304 g/mol. The first kappa shape index (κ1) is 18.3. The molecule has 0 saturated heterocycles. The summed E-state index contributed by atoms with van der Waals surface area (Å²) < 4.78 is 10.2. The fraction of sp³-hybridized carbons (Fsp3) is 0.333. The molecule has 0 atom stereocenters. The molecular formula is C18H24O4. The lowest BCUT2D eigenvalue weighted by Crippen LogP contribution is -1.98. The second kappa shape index (κ2) is 13.0. The van der Waals surface area contributed by atoms with E-state index in [1.54, 1.807) is 0 Å². The molecule has 0 aromatic heterocycles. The van der Waals surface area contributed by atoms with Gasteiger partial charge >= 0.3 is 0 Å². The summed E-state index contributed by atoms with van der Waals surface area (Å²) in [6.45, 7) is 2.17. The Hall–Kier alpha value is -1.72. The third kappa shape index (κ3) is 9.26. The molecule has 0 unspecified atom stereocenters. The predicted molar refractivity (Wildman–Crippen MR) is 86.4 cm³/mol. The summed E-state index contributed by atoms with van der Waals surface area (Å²) in [4.78, 5) is 0. The number of benzene rings is 2. The molecule has 0 fully saturated rings. The monoisotopic (exact) mass is 304 g/mol. The number of aliphatic hydroxyl groups is 2. The third-order valence-electron chi connectivity index (χ3n) is 2.69. The number of rotatable bonds is 8. The van der Waals surface area contributed by atoms with E-state index >= 15 is 0 Å². The van der Waals surface area contributed by atoms with Crippen LogP contribution in [0, 0.1) is 0 Å². The number of hydrogen-bond donors (Lipinski definition) is 2. The zero-order chi connectivity index (χ0) is 15.9. The van der Waals surface area contributed by atoms with Crippen LogP contribution in [0.4, 0.5) is 0 Å². The van der Waals surface area contributed by atoms with E-state index in [9.17, 15) is 0 Å². The zero-order valence-corrected chi connectivity index (χ0v) is 12.7. The van der Waals surface area contributed by atoms with E-state index in [0.717, 1.165) is 11.1 Å². The predicted octanol–water partition coefficient (Wildman–Crippen LogP) is 2.39. The zero-order valence-electron chi connectivity index (χ0n) is 12.7. The van der Waals surface area contributed by atoms with Crippen molar-refractivity contribution in [1.29, 1.82) is 0 Å². The van der Waals surface area contributed by atoms with E-state index in [1.807, 2.05) is 60.7 Å². The Balaban J connectivity index is 0.000000220. The van der Waals surface area contributed by atoms with E-state index in [0.29, 0.717) is 26.4 Å². The molecule has 4 heteroatoms. The van der Waals surface area contributed by atoms with Crippen molar-refractivity contribution in [3.05, 3.63) is 71.8 Å². The molecule has 0 spiro atoms. The highest BCUT2D eigenvalue weighted by Crippen LogP contribution is 2.00. The highest BCUT2D eigenvalue weighted by molar-refractivity contribution is 5.13. The summed E-state index contributed by atoms with van der Waals surface area (Å²) >= 11 is 0. The van der Waals surface area contributed by atoms with Gasteiger partial charge < -0.3 is 19.7 Å². The van der Waals surface area contributed by atoms with Crippen LogP contribution in [0.25, 0.3) is 0 Å². The van der Waals surface area contributed by atoms with Gasteiger partial charge in [0, 0.05) is 0 Å². The van der Waals surface area contributed by atoms with Crippen molar-refractivity contribution in [3.63, 3.8) is 0 Å². The minimum Gasteiger partial charge on any atom is -0.394 e. The molecule has 0 heterocycles. The summed E-state index contributed by atoms with van der Waals surface area (Å²) in [6.07, 6.45) is 0. The van der Waals surface area contributed by atoms with Crippen LogP contribution in [0.15, 0.2) is 60.7 Å². The normalized spacial score (nSPS) is 9.91. The van der Waals surface area contributed by atoms with Gasteiger partial charge in [0.25, 0.3) is 0 Å². The van der Waals surface area contributed by atoms with E-state index in [-0.39, 0.29) is 13.2 Å². The molecule has 4 nitrogen and oxygen atoms in total. The minimum atomic E-state index is 0.0901. The summed E-state index contributed by atoms with van der Waals surface area (Å²) in [5.41, 5.74) is 2.28. The number of ether oxygens (including phenoxy) is 2. The van der Waals surface area contributed by atoms with Crippen LogP contribution in [0.3, 0.4) is 0 Å². The van der Waals surface area contributed by atoms with Gasteiger partial charge in [-0.3, -0.25) is 0 Å². The maximum Gasteiger partial charge on any atom is 0.0718 e. The summed E-state index contributed by atoms with van der Waals surface area (Å²) in [5, 5.41) is 16.8. The largest absolute Gasteiger partial charge is 0.394 e. The molecule has 0 amide bonds. The Morgan fingerprint density at radius 3 is 1.27 bits per heavy atom. The molecule has 0 aliphatic rings. The van der Waals surface area contributed by atoms with Crippen LogP contribution in [0.5, 0.6) is 0 Å². The van der Waals surface area contributed by atoms with E-state index in [2.05, 4.69) is 0 Å². The van der Waals surface area contributed by atoms with Gasteiger partial charge in [-0.2, -0.15) is 0 Å². The Bertz CT molecular complexity index is 414. The lowest BCUT2D eigenvalue weighted by molar-refractivity contribution is 0.0815. The van der Waals surface area contributed by atoms with Crippen LogP contribution in [0.1, 0.15) is 11.1 Å². The molecule has 0 bridgehead atoms. The second-order valence-corrected chi connectivity index (χ2v) is 4.52. The van der Waals surface area contributed by atoms with Crippen molar-refractivity contribution < 1.29 is 19.7 Å². The van der Waals surface area contributed by atoms with Crippen molar-refractivity contribution in [1.82, 2.24) is 0 Å². The van der Waals surface area contributed by atoms with E-state index in [1.165, 1.54) is 0 Å². The quantitative estimate of drug-likeness (QED) is 0.735. The second-order valence-electron chi connectivity index (χ2n) is 4.52. The molecule has 120 valence electrons. The molecule has 2 rings (SSSR count). The molecule has 0 aliphatic carbocycles. The highest BCUT2D eigenvalue weighted by Gasteiger charge is 1.89. The van der Waals surface area contributed by atoms with E-state index < -0.39 is 0 Å². The first-order chi connectivity index (χ1) is 10.9. The van der Waals surface area contributed by atoms with Crippen LogP contribution in [0.2, 0.25) is 0 Å². The molecule has 2 aromatic carbocycles. The van der Waals surface area contributed by atoms with Gasteiger partial charge in [0.15, 0.2) is 0 Å². The molecule has 0 radical (unpaired) electrons. The molecule has 2 N–H and O–H groups in total. The average Bonchev–Trinajstić information content (AvgIpc) is 2.58. The molecule has 2 aromatic rings. The van der Waals surface area contributed by atoms with Crippen molar-refractivity contribution in [2.45, 2.75) is 13.2 Å². The Morgan fingerprint density at radius 1 is 0.591 bits per heavy atom. The maximum atomic E-state index is 8.42. The van der Waals surface area contributed by atoms with Crippen molar-refractivity contribution >= 4 is 0 Å². The molecular weight excluding hydrogens is 280 g/mol.